The van der Waals surface area contributed by atoms with E-state index in [2.05, 4.69) is 61.9 Å². The van der Waals surface area contributed by atoms with Gasteiger partial charge < -0.3 is 11.1 Å². The van der Waals surface area contributed by atoms with Crippen LogP contribution in [0, 0.1) is 6.92 Å². The van der Waals surface area contributed by atoms with Crippen molar-refractivity contribution in [3.63, 3.8) is 0 Å². The van der Waals surface area contributed by atoms with Crippen LogP contribution >= 0.6 is 24.0 Å². The molecule has 0 heterocycles. The molecular formula is C15H24IN3. The number of aliphatic imine (C=N–C) groups is 1. The van der Waals surface area contributed by atoms with E-state index in [1.54, 1.807) is 6.08 Å². The molecule has 106 valence electrons. The molecule has 0 fully saturated rings. The molecule has 0 saturated heterocycles. The number of halogens is 1. The first kappa shape index (κ1) is 18.0. The summed E-state index contributed by atoms with van der Waals surface area (Å²) in [6, 6.07) is 8.51. The average Bonchev–Trinajstić information content (AvgIpc) is 2.34. The molecule has 0 bridgehead atoms. The van der Waals surface area contributed by atoms with Crippen LogP contribution in [0.4, 0.5) is 0 Å². The first-order valence-corrected chi connectivity index (χ1v) is 6.17. The van der Waals surface area contributed by atoms with Gasteiger partial charge in [0.25, 0.3) is 0 Å². The van der Waals surface area contributed by atoms with E-state index in [1.165, 1.54) is 11.1 Å². The van der Waals surface area contributed by atoms with E-state index in [0.717, 1.165) is 0 Å². The predicted octanol–water partition coefficient (Wildman–Crippen LogP) is 2.98. The minimum absolute atomic E-state index is 0. The standard InChI is InChI=1S/C15H23N3.HI/c1-5-9-17-14(16)18-11-15(3,4)13-8-6-7-12(2)10-13;/h5-8,10H,1,9,11H2,2-4H3,(H3,16,17,18);1H. The summed E-state index contributed by atoms with van der Waals surface area (Å²) in [6.07, 6.45) is 1.76. The summed E-state index contributed by atoms with van der Waals surface area (Å²) in [4.78, 5) is 4.37. The fraction of sp³-hybridized carbons (Fsp3) is 0.400. The summed E-state index contributed by atoms with van der Waals surface area (Å²) in [7, 11) is 0. The Bertz CT molecular complexity index is 439. The van der Waals surface area contributed by atoms with Crippen LogP contribution in [-0.2, 0) is 5.41 Å². The van der Waals surface area contributed by atoms with Crippen LogP contribution in [0.15, 0.2) is 41.9 Å². The molecule has 0 aliphatic rings. The highest BCUT2D eigenvalue weighted by molar-refractivity contribution is 14.0. The zero-order valence-electron chi connectivity index (χ0n) is 11.9. The van der Waals surface area contributed by atoms with Crippen LogP contribution in [-0.4, -0.2) is 19.0 Å². The van der Waals surface area contributed by atoms with Gasteiger partial charge in [0.2, 0.25) is 0 Å². The Balaban J connectivity index is 0.00000324. The van der Waals surface area contributed by atoms with E-state index >= 15 is 0 Å². The molecule has 19 heavy (non-hydrogen) atoms. The minimum atomic E-state index is -0.0213. The van der Waals surface area contributed by atoms with Crippen molar-refractivity contribution in [2.45, 2.75) is 26.2 Å². The average molecular weight is 373 g/mol. The molecule has 0 saturated carbocycles. The van der Waals surface area contributed by atoms with E-state index in [9.17, 15) is 0 Å². The van der Waals surface area contributed by atoms with Crippen LogP contribution in [0.1, 0.15) is 25.0 Å². The van der Waals surface area contributed by atoms with Crippen molar-refractivity contribution in [1.82, 2.24) is 5.32 Å². The number of benzene rings is 1. The number of hydrogen-bond acceptors (Lipinski definition) is 1. The number of nitrogens with two attached hydrogens (primary N) is 1. The van der Waals surface area contributed by atoms with Gasteiger partial charge in [0.1, 0.15) is 0 Å². The fourth-order valence-corrected chi connectivity index (χ4v) is 1.67. The molecule has 1 rings (SSSR count). The molecule has 0 aliphatic carbocycles. The van der Waals surface area contributed by atoms with Crippen molar-refractivity contribution in [1.29, 1.82) is 0 Å². The van der Waals surface area contributed by atoms with Gasteiger partial charge in [-0.1, -0.05) is 49.8 Å². The maximum absolute atomic E-state index is 5.77. The number of rotatable bonds is 5. The first-order chi connectivity index (χ1) is 8.45. The maximum Gasteiger partial charge on any atom is 0.188 e. The second-order valence-electron chi connectivity index (χ2n) is 5.12. The molecule has 0 aromatic heterocycles. The third-order valence-electron chi connectivity index (χ3n) is 2.87. The van der Waals surface area contributed by atoms with E-state index < -0.39 is 0 Å². The Hall–Kier alpha value is -1.04. The smallest absolute Gasteiger partial charge is 0.188 e. The molecule has 1 aromatic carbocycles. The van der Waals surface area contributed by atoms with E-state index in [4.69, 9.17) is 5.73 Å². The Morgan fingerprint density at radius 2 is 2.16 bits per heavy atom. The molecule has 0 atom stereocenters. The molecule has 3 nitrogen and oxygen atoms in total. The van der Waals surface area contributed by atoms with Crippen LogP contribution in [0.2, 0.25) is 0 Å². The normalized spacial score (nSPS) is 11.6. The monoisotopic (exact) mass is 373 g/mol. The van der Waals surface area contributed by atoms with Crippen LogP contribution in [0.3, 0.4) is 0 Å². The van der Waals surface area contributed by atoms with Crippen LogP contribution in [0.5, 0.6) is 0 Å². The fourth-order valence-electron chi connectivity index (χ4n) is 1.67. The lowest BCUT2D eigenvalue weighted by molar-refractivity contribution is 0.538. The Labute approximate surface area is 133 Å². The largest absolute Gasteiger partial charge is 0.370 e. The maximum atomic E-state index is 5.77. The number of aryl methyl sites for hydroxylation is 1. The summed E-state index contributed by atoms with van der Waals surface area (Å²) in [6.45, 7) is 11.4. The SMILES string of the molecule is C=CCNC(N)=NCC(C)(C)c1cccc(C)c1.I. The lowest BCUT2D eigenvalue weighted by Crippen LogP contribution is -2.33. The summed E-state index contributed by atoms with van der Waals surface area (Å²) in [5, 5.41) is 2.98. The Kier molecular flexibility index (Phi) is 7.75. The molecule has 0 spiro atoms. The van der Waals surface area contributed by atoms with Crippen molar-refractivity contribution in [3.8, 4) is 0 Å². The second kappa shape index (κ2) is 8.19. The van der Waals surface area contributed by atoms with Gasteiger partial charge in [-0.2, -0.15) is 0 Å². The minimum Gasteiger partial charge on any atom is -0.370 e. The third kappa shape index (κ3) is 6.09. The van der Waals surface area contributed by atoms with E-state index in [1.807, 2.05) is 0 Å². The van der Waals surface area contributed by atoms with Crippen molar-refractivity contribution in [3.05, 3.63) is 48.0 Å². The zero-order valence-corrected chi connectivity index (χ0v) is 14.3. The Morgan fingerprint density at radius 1 is 1.47 bits per heavy atom. The highest BCUT2D eigenvalue weighted by Gasteiger charge is 2.20. The molecule has 3 N–H and O–H groups in total. The summed E-state index contributed by atoms with van der Waals surface area (Å²) in [5.41, 5.74) is 8.29. The zero-order chi connectivity index (χ0) is 13.6. The summed E-state index contributed by atoms with van der Waals surface area (Å²) >= 11 is 0. The van der Waals surface area contributed by atoms with Gasteiger partial charge in [-0.3, -0.25) is 4.99 Å². The van der Waals surface area contributed by atoms with Gasteiger partial charge in [-0.15, -0.1) is 30.6 Å². The van der Waals surface area contributed by atoms with E-state index in [-0.39, 0.29) is 29.4 Å². The van der Waals surface area contributed by atoms with Crippen molar-refractivity contribution < 1.29 is 0 Å². The summed E-state index contributed by atoms with van der Waals surface area (Å²) < 4.78 is 0. The number of hydrogen-bond donors (Lipinski definition) is 2. The van der Waals surface area contributed by atoms with Crippen molar-refractivity contribution >= 4 is 29.9 Å². The first-order valence-electron chi connectivity index (χ1n) is 6.17. The van der Waals surface area contributed by atoms with Gasteiger partial charge in [0.05, 0.1) is 6.54 Å². The molecule has 0 unspecified atom stereocenters. The highest BCUT2D eigenvalue weighted by atomic mass is 127. The van der Waals surface area contributed by atoms with Gasteiger partial charge in [0, 0.05) is 12.0 Å². The van der Waals surface area contributed by atoms with Gasteiger partial charge >= 0.3 is 0 Å². The molecule has 0 aliphatic heterocycles. The molecule has 0 radical (unpaired) electrons. The van der Waals surface area contributed by atoms with Crippen LogP contribution in [0.25, 0.3) is 0 Å². The summed E-state index contributed by atoms with van der Waals surface area (Å²) in [5.74, 6) is 0.468. The third-order valence-corrected chi connectivity index (χ3v) is 2.87. The lowest BCUT2D eigenvalue weighted by Gasteiger charge is -2.23. The Morgan fingerprint density at radius 3 is 2.74 bits per heavy atom. The quantitative estimate of drug-likeness (QED) is 0.361. The van der Waals surface area contributed by atoms with Gasteiger partial charge in [-0.25, -0.2) is 0 Å². The van der Waals surface area contributed by atoms with Crippen LogP contribution < -0.4 is 11.1 Å². The highest BCUT2D eigenvalue weighted by Crippen LogP contribution is 2.24. The molecular weight excluding hydrogens is 349 g/mol. The van der Waals surface area contributed by atoms with Crippen molar-refractivity contribution in [2.75, 3.05) is 13.1 Å². The molecule has 1 aromatic rings. The predicted molar refractivity (Wildman–Crippen MR) is 94.3 cm³/mol. The topological polar surface area (TPSA) is 50.4 Å². The van der Waals surface area contributed by atoms with E-state index in [0.29, 0.717) is 19.0 Å². The molecule has 4 heteroatoms. The number of guanidine groups is 1. The number of nitrogens with zero attached hydrogens (tertiary/aromatic N) is 1. The van der Waals surface area contributed by atoms with Gasteiger partial charge in [-0.05, 0) is 12.5 Å². The van der Waals surface area contributed by atoms with Crippen molar-refractivity contribution in [2.24, 2.45) is 10.7 Å². The second-order valence-corrected chi connectivity index (χ2v) is 5.12. The lowest BCUT2D eigenvalue weighted by atomic mass is 9.84. The molecule has 0 amide bonds. The van der Waals surface area contributed by atoms with Gasteiger partial charge in [0.15, 0.2) is 5.96 Å². The number of nitrogens with one attached hydrogen (secondary N) is 1.